The van der Waals surface area contributed by atoms with Gasteiger partial charge in [0.2, 0.25) is 5.91 Å². The number of carbonyl (C=O) groups excluding carboxylic acids is 2. The Kier molecular flexibility index (Phi) is 5.53. The molecule has 20 heavy (non-hydrogen) atoms. The second-order valence-electron chi connectivity index (χ2n) is 6.34. The molecule has 0 aromatic carbocycles. The Morgan fingerprint density at radius 2 is 1.70 bits per heavy atom. The van der Waals surface area contributed by atoms with Crippen molar-refractivity contribution in [2.24, 2.45) is 11.3 Å². The first-order chi connectivity index (χ1) is 9.20. The van der Waals surface area contributed by atoms with Gasteiger partial charge >= 0.3 is 12.0 Å². The van der Waals surface area contributed by atoms with Crippen LogP contribution in [0.2, 0.25) is 0 Å². The van der Waals surface area contributed by atoms with Crippen LogP contribution in [-0.2, 0) is 9.59 Å². The molecule has 0 bridgehead atoms. The summed E-state index contributed by atoms with van der Waals surface area (Å²) in [6.45, 7) is 5.10. The maximum absolute atomic E-state index is 11.7. The molecule has 0 aromatic rings. The van der Waals surface area contributed by atoms with Gasteiger partial charge < -0.3 is 10.4 Å². The molecule has 114 valence electrons. The average Bonchev–Trinajstić information content (AvgIpc) is 2.30. The van der Waals surface area contributed by atoms with Crippen LogP contribution in [0.15, 0.2) is 0 Å². The van der Waals surface area contributed by atoms with Crippen molar-refractivity contribution in [3.8, 4) is 0 Å². The van der Waals surface area contributed by atoms with Crippen molar-refractivity contribution in [2.75, 3.05) is 0 Å². The Labute approximate surface area is 119 Å². The monoisotopic (exact) mass is 284 g/mol. The van der Waals surface area contributed by atoms with Crippen LogP contribution in [-0.4, -0.2) is 29.1 Å². The van der Waals surface area contributed by atoms with Gasteiger partial charge in [0, 0.05) is 12.5 Å². The van der Waals surface area contributed by atoms with Gasteiger partial charge in [0.1, 0.15) is 0 Å². The van der Waals surface area contributed by atoms with Gasteiger partial charge in [-0.3, -0.25) is 14.9 Å². The van der Waals surface area contributed by atoms with E-state index in [9.17, 15) is 14.4 Å². The van der Waals surface area contributed by atoms with Crippen LogP contribution >= 0.6 is 0 Å². The van der Waals surface area contributed by atoms with Gasteiger partial charge in [0.05, 0.1) is 5.41 Å². The molecule has 0 atom stereocenters. The van der Waals surface area contributed by atoms with E-state index in [0.717, 1.165) is 25.7 Å². The molecule has 6 heteroatoms. The highest BCUT2D eigenvalue weighted by Gasteiger charge is 2.31. The van der Waals surface area contributed by atoms with E-state index in [1.54, 1.807) is 0 Å². The number of imide groups is 1. The van der Waals surface area contributed by atoms with Crippen LogP contribution in [0, 0.1) is 11.3 Å². The summed E-state index contributed by atoms with van der Waals surface area (Å²) in [5, 5.41) is 13.9. The largest absolute Gasteiger partial charge is 0.481 e. The Balaban J connectivity index is 2.35. The molecule has 3 amide bonds. The van der Waals surface area contributed by atoms with Crippen molar-refractivity contribution in [1.29, 1.82) is 0 Å². The summed E-state index contributed by atoms with van der Waals surface area (Å²) in [5.74, 6) is -0.942. The highest BCUT2D eigenvalue weighted by atomic mass is 16.4. The van der Waals surface area contributed by atoms with Crippen molar-refractivity contribution in [2.45, 2.75) is 58.9 Å². The Morgan fingerprint density at radius 1 is 1.15 bits per heavy atom. The fourth-order valence-electron chi connectivity index (χ4n) is 2.27. The van der Waals surface area contributed by atoms with Gasteiger partial charge in [0.15, 0.2) is 0 Å². The second kappa shape index (κ2) is 6.72. The van der Waals surface area contributed by atoms with E-state index in [-0.39, 0.29) is 12.5 Å². The van der Waals surface area contributed by atoms with E-state index in [2.05, 4.69) is 17.6 Å². The van der Waals surface area contributed by atoms with Gasteiger partial charge in [0.25, 0.3) is 0 Å². The van der Waals surface area contributed by atoms with Gasteiger partial charge in [-0.1, -0.05) is 6.92 Å². The molecule has 0 aliphatic heterocycles. The van der Waals surface area contributed by atoms with Crippen LogP contribution in [0.5, 0.6) is 0 Å². The normalized spacial score (nSPS) is 22.9. The predicted molar refractivity (Wildman–Crippen MR) is 74.1 cm³/mol. The van der Waals surface area contributed by atoms with Crippen molar-refractivity contribution < 1.29 is 19.5 Å². The van der Waals surface area contributed by atoms with Crippen LogP contribution in [0.3, 0.4) is 0 Å². The maximum Gasteiger partial charge on any atom is 0.321 e. The molecule has 6 nitrogen and oxygen atoms in total. The van der Waals surface area contributed by atoms with Gasteiger partial charge in [-0.15, -0.1) is 0 Å². The number of rotatable bonds is 4. The summed E-state index contributed by atoms with van der Waals surface area (Å²) < 4.78 is 0. The molecule has 1 aliphatic carbocycles. The van der Waals surface area contributed by atoms with Crippen LogP contribution in [0.1, 0.15) is 52.9 Å². The molecule has 0 radical (unpaired) electrons. The molecule has 0 aromatic heterocycles. The summed E-state index contributed by atoms with van der Waals surface area (Å²) in [4.78, 5) is 34.2. The number of hydrogen-bond acceptors (Lipinski definition) is 3. The second-order valence-corrected chi connectivity index (χ2v) is 6.34. The van der Waals surface area contributed by atoms with Crippen molar-refractivity contribution >= 4 is 17.9 Å². The molecule has 1 saturated carbocycles. The SMILES string of the molecule is CC1CCC(NC(=O)NC(=O)CC(C)(C)C(=O)O)CC1. The van der Waals surface area contributed by atoms with E-state index in [4.69, 9.17) is 5.11 Å². The number of nitrogens with one attached hydrogen (secondary N) is 2. The predicted octanol–water partition coefficient (Wildman–Crippen LogP) is 1.89. The summed E-state index contributed by atoms with van der Waals surface area (Å²) in [5.41, 5.74) is -1.18. The highest BCUT2D eigenvalue weighted by molar-refractivity contribution is 5.96. The van der Waals surface area contributed by atoms with Crippen LogP contribution in [0.4, 0.5) is 4.79 Å². The summed E-state index contributed by atoms with van der Waals surface area (Å²) >= 11 is 0. The molecule has 0 heterocycles. The fraction of sp³-hybridized carbons (Fsp3) is 0.786. The molecule has 1 rings (SSSR count). The molecular formula is C14H24N2O4. The zero-order valence-corrected chi connectivity index (χ0v) is 12.4. The van der Waals surface area contributed by atoms with Gasteiger partial charge in [-0.2, -0.15) is 0 Å². The number of hydrogen-bond donors (Lipinski definition) is 3. The molecule has 0 spiro atoms. The molecule has 0 saturated heterocycles. The molecule has 3 N–H and O–H groups in total. The van der Waals surface area contributed by atoms with E-state index in [1.165, 1.54) is 13.8 Å². The van der Waals surface area contributed by atoms with Crippen LogP contribution < -0.4 is 10.6 Å². The lowest BCUT2D eigenvalue weighted by Gasteiger charge is -2.27. The standard InChI is InChI=1S/C14H24N2O4/c1-9-4-6-10(7-5-9)15-13(20)16-11(17)8-14(2,3)12(18)19/h9-10H,4-8H2,1-3H3,(H,18,19)(H2,15,16,17,20). The summed E-state index contributed by atoms with van der Waals surface area (Å²) in [7, 11) is 0. The topological polar surface area (TPSA) is 95.5 Å². The number of carboxylic acid groups (broad SMARTS) is 1. The number of amides is 3. The first-order valence-electron chi connectivity index (χ1n) is 7.04. The van der Waals surface area contributed by atoms with E-state index in [1.807, 2.05) is 0 Å². The van der Waals surface area contributed by atoms with E-state index < -0.39 is 23.3 Å². The number of carboxylic acids is 1. The van der Waals surface area contributed by atoms with E-state index >= 15 is 0 Å². The molecular weight excluding hydrogens is 260 g/mol. The molecule has 0 unspecified atom stereocenters. The van der Waals surface area contributed by atoms with Gasteiger partial charge in [-0.05, 0) is 45.4 Å². The third kappa shape index (κ3) is 5.19. The Hall–Kier alpha value is -1.59. The lowest BCUT2D eigenvalue weighted by molar-refractivity contribution is -0.149. The minimum atomic E-state index is -1.18. The molecule has 1 aliphatic rings. The number of carbonyl (C=O) groups is 3. The van der Waals surface area contributed by atoms with E-state index in [0.29, 0.717) is 5.92 Å². The fourth-order valence-corrected chi connectivity index (χ4v) is 2.27. The summed E-state index contributed by atoms with van der Waals surface area (Å²) in [6.07, 6.45) is 3.76. The lowest BCUT2D eigenvalue weighted by atomic mass is 9.87. The smallest absolute Gasteiger partial charge is 0.321 e. The van der Waals surface area contributed by atoms with Gasteiger partial charge in [-0.25, -0.2) is 4.79 Å². The minimum Gasteiger partial charge on any atom is -0.481 e. The van der Waals surface area contributed by atoms with Crippen molar-refractivity contribution in [3.05, 3.63) is 0 Å². The Morgan fingerprint density at radius 3 is 2.20 bits per heavy atom. The highest BCUT2D eigenvalue weighted by Crippen LogP contribution is 2.23. The zero-order valence-electron chi connectivity index (χ0n) is 12.4. The first-order valence-corrected chi connectivity index (χ1v) is 7.04. The quantitative estimate of drug-likeness (QED) is 0.734. The third-order valence-electron chi connectivity index (χ3n) is 3.79. The van der Waals surface area contributed by atoms with Crippen molar-refractivity contribution in [1.82, 2.24) is 10.6 Å². The first kappa shape index (κ1) is 16.5. The number of urea groups is 1. The zero-order chi connectivity index (χ0) is 15.3. The number of aliphatic carboxylic acids is 1. The minimum absolute atomic E-state index is 0.103. The lowest BCUT2D eigenvalue weighted by Crippen LogP contribution is -2.46. The third-order valence-corrected chi connectivity index (χ3v) is 3.79. The Bertz CT molecular complexity index is 385. The molecule has 1 fully saturated rings. The maximum atomic E-state index is 11.7. The average molecular weight is 284 g/mol. The summed E-state index contributed by atoms with van der Waals surface area (Å²) in [6, 6.07) is -0.428. The van der Waals surface area contributed by atoms with Crippen LogP contribution in [0.25, 0.3) is 0 Å². The van der Waals surface area contributed by atoms with Crippen molar-refractivity contribution in [3.63, 3.8) is 0 Å².